The van der Waals surface area contributed by atoms with Crippen LogP contribution in [0.1, 0.15) is 21.6 Å². The summed E-state index contributed by atoms with van der Waals surface area (Å²) in [5.74, 6) is -0.134. The molecule has 202 valence electrons. The van der Waals surface area contributed by atoms with Crippen LogP contribution in [0.2, 0.25) is 0 Å². The fraction of sp³-hybridized carbons (Fsp3) is 0.107. The van der Waals surface area contributed by atoms with Crippen molar-refractivity contribution in [2.75, 3.05) is 6.79 Å². The number of carbonyl (C=O) groups excluding carboxylic acids is 2. The highest BCUT2D eigenvalue weighted by atomic mass is 16.7. The van der Waals surface area contributed by atoms with Gasteiger partial charge in [-0.05, 0) is 30.3 Å². The van der Waals surface area contributed by atoms with Gasteiger partial charge in [0.25, 0.3) is 11.2 Å². The molecule has 2 aromatic heterocycles. The summed E-state index contributed by atoms with van der Waals surface area (Å²) >= 11 is 0. The van der Waals surface area contributed by atoms with E-state index in [1.54, 1.807) is 36.4 Å². The first kappa shape index (κ1) is 24.2. The second-order valence-corrected chi connectivity index (χ2v) is 9.33. The number of fused-ring (bicyclic) bond motifs is 6. The molecule has 7 rings (SSSR count). The van der Waals surface area contributed by atoms with Gasteiger partial charge < -0.3 is 14.2 Å². The smallest absolute Gasteiger partial charge is 0.326 e. The van der Waals surface area contributed by atoms with Crippen LogP contribution in [0.3, 0.4) is 0 Å². The second-order valence-electron chi connectivity index (χ2n) is 9.33. The molecule has 0 fully saturated rings. The molecule has 2 aliphatic rings. The molecule has 0 spiro atoms. The van der Waals surface area contributed by atoms with E-state index in [-0.39, 0.29) is 24.9 Å². The summed E-state index contributed by atoms with van der Waals surface area (Å²) in [5.41, 5.74) is 1.79. The van der Waals surface area contributed by atoms with E-state index in [9.17, 15) is 24.5 Å². The summed E-state index contributed by atoms with van der Waals surface area (Å²) < 4.78 is 19.0. The number of aromatic nitrogens is 4. The minimum Gasteiger partial charge on any atom is -0.458 e. The Morgan fingerprint density at radius 2 is 1.71 bits per heavy atom. The summed E-state index contributed by atoms with van der Waals surface area (Å²) in [4.78, 5) is 50.5. The van der Waals surface area contributed by atoms with Crippen LogP contribution < -0.4 is 15.0 Å². The number of nitrogens with zero attached hydrogens (tertiary/aromatic N) is 5. The van der Waals surface area contributed by atoms with Crippen molar-refractivity contribution in [1.29, 1.82) is 0 Å². The first-order chi connectivity index (χ1) is 19.9. The van der Waals surface area contributed by atoms with E-state index >= 15 is 0 Å². The molecule has 0 bridgehead atoms. The molecule has 41 heavy (non-hydrogen) atoms. The molecule has 13 nitrogen and oxygen atoms in total. The molecule has 0 amide bonds. The Bertz CT molecular complexity index is 1990. The highest BCUT2D eigenvalue weighted by molar-refractivity contribution is 6.27. The van der Waals surface area contributed by atoms with Crippen LogP contribution in [0.15, 0.2) is 71.7 Å². The van der Waals surface area contributed by atoms with Crippen LogP contribution in [0, 0.1) is 10.1 Å². The number of rotatable bonds is 6. The fourth-order valence-electron chi connectivity index (χ4n) is 5.07. The van der Waals surface area contributed by atoms with Crippen molar-refractivity contribution >= 4 is 28.2 Å². The lowest BCUT2D eigenvalue weighted by molar-refractivity contribution is -0.384. The summed E-state index contributed by atoms with van der Waals surface area (Å²) in [6.07, 6.45) is 1.52. The Kier molecular flexibility index (Phi) is 5.38. The van der Waals surface area contributed by atoms with E-state index in [1.807, 2.05) is 0 Å². The van der Waals surface area contributed by atoms with Crippen LogP contribution in [0.25, 0.3) is 27.7 Å². The highest BCUT2D eigenvalue weighted by Gasteiger charge is 2.35. The van der Waals surface area contributed by atoms with Gasteiger partial charge in [0.2, 0.25) is 6.79 Å². The van der Waals surface area contributed by atoms with Crippen molar-refractivity contribution in [3.8, 4) is 28.4 Å². The molecular weight excluding hydrogens is 534 g/mol. The predicted molar refractivity (Wildman–Crippen MR) is 141 cm³/mol. The van der Waals surface area contributed by atoms with Gasteiger partial charge in [0, 0.05) is 34.0 Å². The first-order valence-electron chi connectivity index (χ1n) is 12.3. The summed E-state index contributed by atoms with van der Waals surface area (Å²) in [6.45, 7) is -0.668. The number of nitro groups is 1. The quantitative estimate of drug-likeness (QED) is 0.171. The van der Waals surface area contributed by atoms with Crippen LogP contribution in [0.5, 0.6) is 11.5 Å². The molecule has 0 radical (unpaired) electrons. The number of carbonyl (C=O) groups is 2. The van der Waals surface area contributed by atoms with Gasteiger partial charge in [0.15, 0.2) is 17.3 Å². The lowest BCUT2D eigenvalue weighted by Gasteiger charge is -2.14. The Morgan fingerprint density at radius 1 is 1.00 bits per heavy atom. The standard InChI is InChI=1S/C28H17N5O8/c34-24(39-13-15-11-32(30-29-15)16-5-7-17(8-6-16)33(37)38)12-31-26-20-9-22-23(41-14-40-22)10-21(20)27(35)25(26)18-3-1-2-4-19(18)28(31)36/h1-11H,12-14H2. The van der Waals surface area contributed by atoms with Crippen molar-refractivity contribution in [2.45, 2.75) is 13.2 Å². The molecule has 3 aromatic carbocycles. The van der Waals surface area contributed by atoms with Gasteiger partial charge in [-0.1, -0.05) is 23.4 Å². The number of benzene rings is 3. The van der Waals surface area contributed by atoms with Crippen LogP contribution >= 0.6 is 0 Å². The maximum atomic E-state index is 13.6. The van der Waals surface area contributed by atoms with Crippen LogP contribution in [0.4, 0.5) is 5.69 Å². The van der Waals surface area contributed by atoms with Gasteiger partial charge >= 0.3 is 5.97 Å². The number of hydrogen-bond donors (Lipinski definition) is 0. The number of ketones is 1. The predicted octanol–water partition coefficient (Wildman–Crippen LogP) is 3.17. The van der Waals surface area contributed by atoms with E-state index in [4.69, 9.17) is 14.2 Å². The van der Waals surface area contributed by atoms with Gasteiger partial charge in [-0.15, -0.1) is 5.10 Å². The highest BCUT2D eigenvalue weighted by Crippen LogP contribution is 2.45. The minimum atomic E-state index is -0.726. The van der Waals surface area contributed by atoms with Gasteiger partial charge in [-0.25, -0.2) is 4.68 Å². The molecule has 5 aromatic rings. The monoisotopic (exact) mass is 551 g/mol. The number of non-ortho nitro benzene ring substituents is 1. The van der Waals surface area contributed by atoms with Gasteiger partial charge in [0.05, 0.1) is 28.1 Å². The Hall–Kier alpha value is -5.85. The number of pyridine rings is 1. The fourth-order valence-corrected chi connectivity index (χ4v) is 5.07. The minimum absolute atomic E-state index is 0.0188. The van der Waals surface area contributed by atoms with Crippen molar-refractivity contribution < 1.29 is 28.7 Å². The zero-order valence-electron chi connectivity index (χ0n) is 21.0. The van der Waals surface area contributed by atoms with E-state index in [0.717, 1.165) is 0 Å². The summed E-state index contributed by atoms with van der Waals surface area (Å²) in [6, 6.07) is 15.7. The normalized spacial score (nSPS) is 12.8. The third-order valence-corrected chi connectivity index (χ3v) is 6.95. The molecule has 0 N–H and O–H groups in total. The van der Waals surface area contributed by atoms with Crippen molar-refractivity contribution in [3.05, 3.63) is 104 Å². The van der Waals surface area contributed by atoms with Crippen molar-refractivity contribution in [3.63, 3.8) is 0 Å². The van der Waals surface area contributed by atoms with Gasteiger partial charge in [0.1, 0.15) is 18.8 Å². The maximum absolute atomic E-state index is 13.6. The summed E-state index contributed by atoms with van der Waals surface area (Å²) in [5, 5.41) is 19.6. The van der Waals surface area contributed by atoms with Gasteiger partial charge in [-0.3, -0.25) is 29.1 Å². The molecule has 0 unspecified atom stereocenters. The molecule has 1 aliphatic heterocycles. The Morgan fingerprint density at radius 3 is 2.44 bits per heavy atom. The van der Waals surface area contributed by atoms with E-state index in [2.05, 4.69) is 10.3 Å². The van der Waals surface area contributed by atoms with E-state index < -0.39 is 23.0 Å². The SMILES string of the molecule is O=C(Cn1c2c(c3ccccc3c1=O)C(=O)c1cc3c(cc1-2)OCO3)OCc1cn(-c2ccc([N+](=O)[O-])cc2)nn1. The average molecular weight is 551 g/mol. The zero-order valence-corrected chi connectivity index (χ0v) is 21.0. The maximum Gasteiger partial charge on any atom is 0.326 e. The van der Waals surface area contributed by atoms with Gasteiger partial charge in [-0.2, -0.15) is 0 Å². The number of esters is 1. The Labute approximate surface area is 229 Å². The lowest BCUT2D eigenvalue weighted by Crippen LogP contribution is -2.27. The Balaban J connectivity index is 1.18. The number of hydrogen-bond acceptors (Lipinski definition) is 10. The first-order valence-corrected chi connectivity index (χ1v) is 12.3. The summed E-state index contributed by atoms with van der Waals surface area (Å²) in [7, 11) is 0. The third-order valence-electron chi connectivity index (χ3n) is 6.95. The zero-order chi connectivity index (χ0) is 28.2. The lowest BCUT2D eigenvalue weighted by atomic mass is 10.0. The number of ether oxygens (including phenoxy) is 3. The van der Waals surface area contributed by atoms with E-state index in [1.165, 1.54) is 39.7 Å². The van der Waals surface area contributed by atoms with Crippen molar-refractivity contribution in [1.82, 2.24) is 19.6 Å². The van der Waals surface area contributed by atoms with Crippen molar-refractivity contribution in [2.24, 2.45) is 0 Å². The topological polar surface area (TPSA) is 158 Å². The molecule has 1 aliphatic carbocycles. The average Bonchev–Trinajstić information content (AvgIpc) is 3.71. The number of nitro benzene ring substituents is 1. The molecule has 0 saturated heterocycles. The molecule has 13 heteroatoms. The van der Waals surface area contributed by atoms with Crippen LogP contribution in [-0.2, 0) is 22.7 Å². The third kappa shape index (κ3) is 3.90. The van der Waals surface area contributed by atoms with E-state index in [0.29, 0.717) is 56.0 Å². The largest absolute Gasteiger partial charge is 0.458 e. The molecular formula is C28H17N5O8. The molecule has 0 saturated carbocycles. The molecule has 3 heterocycles. The van der Waals surface area contributed by atoms with Crippen LogP contribution in [-0.4, -0.2) is 43.0 Å². The molecule has 0 atom stereocenters. The second kappa shape index (κ2) is 9.12.